The Hall–Kier alpha value is -4.33. The molecular weight excluding hydrogens is 459 g/mol. The number of rotatable bonds is 5. The van der Waals surface area contributed by atoms with Crippen molar-refractivity contribution < 1.29 is 18.5 Å². The normalized spacial score (nSPS) is 16.9. The molecule has 0 unspecified atom stereocenters. The zero-order valence-electron chi connectivity index (χ0n) is 20.0. The molecule has 2 heterocycles. The van der Waals surface area contributed by atoms with Crippen LogP contribution in [0.5, 0.6) is 0 Å². The van der Waals surface area contributed by atoms with Crippen molar-refractivity contribution in [2.45, 2.75) is 38.8 Å². The molecule has 36 heavy (non-hydrogen) atoms. The number of anilines is 2. The molecule has 3 aromatic carbocycles. The van der Waals surface area contributed by atoms with Gasteiger partial charge in [-0.2, -0.15) is 4.98 Å². The maximum atomic E-state index is 13.6. The Kier molecular flexibility index (Phi) is 6.33. The number of carbonyl (C=O) groups excluding carboxylic acids is 2. The van der Waals surface area contributed by atoms with Crippen molar-refractivity contribution in [3.8, 4) is 11.4 Å². The van der Waals surface area contributed by atoms with Crippen molar-refractivity contribution in [2.24, 2.45) is 0 Å². The quantitative estimate of drug-likeness (QED) is 0.358. The van der Waals surface area contributed by atoms with Crippen molar-refractivity contribution in [3.63, 3.8) is 0 Å². The first-order valence-corrected chi connectivity index (χ1v) is 11.9. The Morgan fingerprint density at radius 2 is 1.72 bits per heavy atom. The van der Waals surface area contributed by atoms with E-state index in [1.807, 2.05) is 73.3 Å². The van der Waals surface area contributed by atoms with Crippen LogP contribution in [0, 0.1) is 5.82 Å². The number of para-hydroxylation sites is 2. The molecule has 4 aromatic rings. The van der Waals surface area contributed by atoms with Gasteiger partial charge in [0.25, 0.3) is 0 Å². The lowest BCUT2D eigenvalue weighted by molar-refractivity contribution is -0.118. The van der Waals surface area contributed by atoms with Gasteiger partial charge in [-0.1, -0.05) is 48.5 Å². The summed E-state index contributed by atoms with van der Waals surface area (Å²) in [5.41, 5.74) is 2.92. The molecule has 182 valence electrons. The lowest BCUT2D eigenvalue weighted by atomic mass is 9.89. The lowest BCUT2D eigenvalue weighted by Crippen LogP contribution is -2.47. The fraction of sp³-hybridized carbons (Fsp3) is 0.214. The van der Waals surface area contributed by atoms with E-state index in [-0.39, 0.29) is 35.5 Å². The predicted molar refractivity (Wildman–Crippen MR) is 134 cm³/mol. The van der Waals surface area contributed by atoms with Crippen LogP contribution in [0.4, 0.5) is 15.8 Å². The Morgan fingerprint density at radius 1 is 1.03 bits per heavy atom. The first-order chi connectivity index (χ1) is 17.5. The highest BCUT2D eigenvalue weighted by molar-refractivity contribution is 6.05. The second kappa shape index (κ2) is 9.73. The van der Waals surface area contributed by atoms with Gasteiger partial charge >= 0.3 is 11.8 Å². The van der Waals surface area contributed by atoms with Gasteiger partial charge in [-0.05, 0) is 61.4 Å². The molecule has 0 aliphatic carbocycles. The minimum absolute atomic E-state index is 0.00817. The molecule has 2 amide bonds. The van der Waals surface area contributed by atoms with Crippen LogP contribution in [0.1, 0.15) is 49.0 Å². The van der Waals surface area contributed by atoms with Gasteiger partial charge in [-0.3, -0.25) is 9.59 Å². The van der Waals surface area contributed by atoms with Gasteiger partial charge in [-0.25, -0.2) is 4.39 Å². The lowest BCUT2D eigenvalue weighted by Gasteiger charge is -2.43. The summed E-state index contributed by atoms with van der Waals surface area (Å²) in [7, 11) is 0. The Balaban J connectivity index is 1.51. The summed E-state index contributed by atoms with van der Waals surface area (Å²) < 4.78 is 18.6. The molecule has 8 heteroatoms. The topological polar surface area (TPSA) is 79.5 Å². The van der Waals surface area contributed by atoms with Gasteiger partial charge in [0, 0.05) is 29.4 Å². The molecule has 1 aliphatic heterocycles. The smallest absolute Gasteiger partial charge is 0.317 e. The average Bonchev–Trinajstić information content (AvgIpc) is 3.40. The van der Waals surface area contributed by atoms with Gasteiger partial charge in [0.05, 0.1) is 6.04 Å². The summed E-state index contributed by atoms with van der Waals surface area (Å²) in [5, 5.41) is 3.92. The van der Waals surface area contributed by atoms with Gasteiger partial charge in [0.1, 0.15) is 5.82 Å². The Bertz CT molecular complexity index is 1390. The van der Waals surface area contributed by atoms with Crippen molar-refractivity contribution in [1.29, 1.82) is 0 Å². The first-order valence-electron chi connectivity index (χ1n) is 11.9. The highest BCUT2D eigenvalue weighted by Gasteiger charge is 2.39. The molecule has 2 atom stereocenters. The molecule has 5 rings (SSSR count). The molecule has 1 aliphatic rings. The molecule has 0 N–H and O–H groups in total. The van der Waals surface area contributed by atoms with Crippen molar-refractivity contribution >= 4 is 23.2 Å². The van der Waals surface area contributed by atoms with E-state index >= 15 is 0 Å². The monoisotopic (exact) mass is 484 g/mol. The largest absolute Gasteiger partial charge is 0.328 e. The molecule has 0 bridgehead atoms. The Morgan fingerprint density at radius 3 is 2.44 bits per heavy atom. The number of carbonyl (C=O) groups is 2. The molecule has 0 spiro atoms. The molecule has 1 aromatic heterocycles. The number of fused-ring (bicyclic) bond motifs is 1. The van der Waals surface area contributed by atoms with E-state index in [0.29, 0.717) is 24.1 Å². The number of aromatic nitrogens is 2. The number of amides is 2. The predicted octanol–water partition coefficient (Wildman–Crippen LogP) is 5.80. The van der Waals surface area contributed by atoms with Gasteiger partial charge in [0.2, 0.25) is 11.7 Å². The van der Waals surface area contributed by atoms with E-state index < -0.39 is 5.91 Å². The zero-order valence-corrected chi connectivity index (χ0v) is 20.0. The summed E-state index contributed by atoms with van der Waals surface area (Å²) in [4.78, 5) is 34.5. The molecule has 0 saturated carbocycles. The molecule has 7 nitrogen and oxygen atoms in total. The van der Waals surface area contributed by atoms with Crippen molar-refractivity contribution in [1.82, 2.24) is 10.1 Å². The fourth-order valence-electron chi connectivity index (χ4n) is 4.72. The zero-order chi connectivity index (χ0) is 25.2. The fourth-order valence-corrected chi connectivity index (χ4v) is 4.72. The molecule has 0 radical (unpaired) electrons. The summed E-state index contributed by atoms with van der Waals surface area (Å²) in [6.45, 7) is 3.79. The minimum atomic E-state index is -0.428. The number of nitrogens with zero attached hydrogens (tertiary/aromatic N) is 4. The van der Waals surface area contributed by atoms with Crippen LogP contribution < -0.4 is 9.80 Å². The summed E-state index contributed by atoms with van der Waals surface area (Å²) in [6.07, 6.45) is 0.890. The van der Waals surface area contributed by atoms with Crippen LogP contribution in [0.3, 0.4) is 0 Å². The summed E-state index contributed by atoms with van der Waals surface area (Å²) in [5.74, 6) is -0.744. The van der Waals surface area contributed by atoms with E-state index in [2.05, 4.69) is 10.1 Å². The van der Waals surface area contributed by atoms with Crippen LogP contribution in [-0.4, -0.2) is 28.0 Å². The Labute approximate surface area is 208 Å². The number of benzene rings is 3. The van der Waals surface area contributed by atoms with Crippen molar-refractivity contribution in [3.05, 3.63) is 96.1 Å². The van der Waals surface area contributed by atoms with Crippen LogP contribution in [-0.2, 0) is 4.79 Å². The third-order valence-electron chi connectivity index (χ3n) is 6.41. The molecule has 0 saturated heterocycles. The van der Waals surface area contributed by atoms with Crippen LogP contribution in [0.15, 0.2) is 83.4 Å². The van der Waals surface area contributed by atoms with Gasteiger partial charge < -0.3 is 14.3 Å². The number of hydrogen-bond donors (Lipinski definition) is 0. The van der Waals surface area contributed by atoms with Gasteiger partial charge in [-0.15, -0.1) is 0 Å². The summed E-state index contributed by atoms with van der Waals surface area (Å²) >= 11 is 0. The molecule has 0 fully saturated rings. The van der Waals surface area contributed by atoms with E-state index in [4.69, 9.17) is 4.52 Å². The minimum Gasteiger partial charge on any atom is -0.328 e. The average molecular weight is 485 g/mol. The second-order valence-corrected chi connectivity index (χ2v) is 8.72. The van der Waals surface area contributed by atoms with Crippen molar-refractivity contribution in [2.75, 3.05) is 9.80 Å². The number of hydrogen-bond acceptors (Lipinski definition) is 5. The van der Waals surface area contributed by atoms with Crippen LogP contribution in [0.2, 0.25) is 0 Å². The first kappa shape index (κ1) is 23.4. The number of halogens is 1. The van der Waals surface area contributed by atoms with E-state index in [0.717, 1.165) is 11.3 Å². The standard InChI is InChI=1S/C28H25FN4O3/c1-3-25(34)33(21-9-5-4-6-10-21)24-17-18(2)32(23-12-8-7-11-22(23)24)28(35)27-30-26(31-36-27)19-13-15-20(29)16-14-19/h4-16,18,24H,3,17H2,1-2H3/t18-,24+/m0/s1. The van der Waals surface area contributed by atoms with Crippen LogP contribution >= 0.6 is 0 Å². The summed E-state index contributed by atoms with van der Waals surface area (Å²) in [6, 6.07) is 22.3. The van der Waals surface area contributed by atoms with E-state index in [1.165, 1.54) is 24.3 Å². The van der Waals surface area contributed by atoms with E-state index in [9.17, 15) is 14.0 Å². The van der Waals surface area contributed by atoms with E-state index in [1.54, 1.807) is 4.90 Å². The maximum absolute atomic E-state index is 13.6. The SMILES string of the molecule is CCC(=O)N(c1ccccc1)[C@@H]1C[C@H](C)N(C(=O)c2nc(-c3ccc(F)cc3)no2)c2ccccc21. The third kappa shape index (κ3) is 4.26. The highest BCUT2D eigenvalue weighted by Crippen LogP contribution is 2.42. The highest BCUT2D eigenvalue weighted by atomic mass is 19.1. The van der Waals surface area contributed by atoms with Crippen LogP contribution in [0.25, 0.3) is 11.4 Å². The second-order valence-electron chi connectivity index (χ2n) is 8.72. The third-order valence-corrected chi connectivity index (χ3v) is 6.41. The van der Waals surface area contributed by atoms with Gasteiger partial charge in [0.15, 0.2) is 0 Å². The molecular formula is C28H25FN4O3. The maximum Gasteiger partial charge on any atom is 0.317 e.